The Balaban J connectivity index is 1.29. The van der Waals surface area contributed by atoms with Crippen LogP contribution in [-0.4, -0.2) is 44.3 Å². The topological polar surface area (TPSA) is 51.0 Å². The van der Waals surface area contributed by atoms with Crippen molar-refractivity contribution in [1.29, 1.82) is 0 Å². The number of rotatable bonds is 7. The quantitative estimate of drug-likeness (QED) is 0.334. The molecule has 0 amide bonds. The molecule has 0 fully saturated rings. The van der Waals surface area contributed by atoms with E-state index in [0.717, 1.165) is 60.3 Å². The summed E-state index contributed by atoms with van der Waals surface area (Å²) in [5, 5.41) is 9.68. The van der Waals surface area contributed by atoms with Gasteiger partial charge >= 0.3 is 0 Å². The van der Waals surface area contributed by atoms with Gasteiger partial charge in [-0.2, -0.15) is 0 Å². The summed E-state index contributed by atoms with van der Waals surface area (Å²) < 4.78 is 2.07. The van der Waals surface area contributed by atoms with Gasteiger partial charge in [0, 0.05) is 37.0 Å². The molecule has 0 spiro atoms. The van der Waals surface area contributed by atoms with E-state index in [1.165, 1.54) is 11.1 Å². The number of carbonyl (C=O) groups is 1. The van der Waals surface area contributed by atoms with E-state index in [-0.39, 0.29) is 5.78 Å². The van der Waals surface area contributed by atoms with E-state index in [9.17, 15) is 4.79 Å². The van der Waals surface area contributed by atoms with Gasteiger partial charge in [-0.05, 0) is 43.5 Å². The average molecular weight is 407 g/mol. The SMILES string of the molecule is CC(=O)c1ccc2c(c1)CN(CCCSc1nnc(-c3ccccc3)n1C)CC2. The van der Waals surface area contributed by atoms with Crippen molar-refractivity contribution >= 4 is 17.5 Å². The van der Waals surface area contributed by atoms with E-state index >= 15 is 0 Å². The molecule has 0 atom stereocenters. The Labute approximate surface area is 176 Å². The maximum absolute atomic E-state index is 11.6. The molecule has 0 saturated heterocycles. The van der Waals surface area contributed by atoms with Crippen molar-refractivity contribution in [3.63, 3.8) is 0 Å². The van der Waals surface area contributed by atoms with Gasteiger partial charge in [-0.3, -0.25) is 9.69 Å². The van der Waals surface area contributed by atoms with Gasteiger partial charge in [0.2, 0.25) is 0 Å². The molecule has 1 aliphatic rings. The van der Waals surface area contributed by atoms with Crippen molar-refractivity contribution < 1.29 is 4.79 Å². The second-order valence-electron chi connectivity index (χ2n) is 7.50. The highest BCUT2D eigenvalue weighted by molar-refractivity contribution is 7.99. The maximum Gasteiger partial charge on any atom is 0.191 e. The third kappa shape index (κ3) is 4.60. The Morgan fingerprint density at radius 3 is 2.72 bits per heavy atom. The van der Waals surface area contributed by atoms with Crippen LogP contribution in [0.3, 0.4) is 0 Å². The molecule has 0 radical (unpaired) electrons. The van der Waals surface area contributed by atoms with Crippen LogP contribution in [0.25, 0.3) is 11.4 Å². The summed E-state index contributed by atoms with van der Waals surface area (Å²) in [6.45, 7) is 4.71. The van der Waals surface area contributed by atoms with Crippen LogP contribution in [-0.2, 0) is 20.0 Å². The first-order chi connectivity index (χ1) is 14.1. The molecule has 0 aliphatic carbocycles. The second-order valence-corrected chi connectivity index (χ2v) is 8.56. The van der Waals surface area contributed by atoms with Crippen LogP contribution in [0.15, 0.2) is 53.7 Å². The summed E-state index contributed by atoms with van der Waals surface area (Å²) in [6, 6.07) is 16.3. The highest BCUT2D eigenvalue weighted by atomic mass is 32.2. The molecule has 1 aromatic heterocycles. The molecule has 0 bridgehead atoms. The molecule has 2 aromatic carbocycles. The van der Waals surface area contributed by atoms with E-state index in [1.54, 1.807) is 18.7 Å². The van der Waals surface area contributed by atoms with Crippen molar-refractivity contribution in [3.05, 3.63) is 65.2 Å². The fourth-order valence-corrected chi connectivity index (χ4v) is 4.59. The molecular weight excluding hydrogens is 380 g/mol. The van der Waals surface area contributed by atoms with Crippen molar-refractivity contribution in [2.24, 2.45) is 7.05 Å². The second kappa shape index (κ2) is 8.93. The first kappa shape index (κ1) is 19.9. The van der Waals surface area contributed by atoms with Crippen LogP contribution in [0.2, 0.25) is 0 Å². The van der Waals surface area contributed by atoms with E-state index < -0.39 is 0 Å². The van der Waals surface area contributed by atoms with Crippen molar-refractivity contribution in [2.75, 3.05) is 18.8 Å². The number of thioether (sulfide) groups is 1. The number of nitrogens with zero attached hydrogens (tertiary/aromatic N) is 4. The molecule has 29 heavy (non-hydrogen) atoms. The normalized spacial score (nSPS) is 14.0. The number of fused-ring (bicyclic) bond motifs is 1. The zero-order valence-electron chi connectivity index (χ0n) is 17.0. The van der Waals surface area contributed by atoms with Gasteiger partial charge in [-0.1, -0.05) is 54.2 Å². The number of hydrogen-bond donors (Lipinski definition) is 0. The number of ketones is 1. The summed E-state index contributed by atoms with van der Waals surface area (Å²) in [5.74, 6) is 2.05. The van der Waals surface area contributed by atoms with E-state index in [1.807, 2.05) is 31.3 Å². The summed E-state index contributed by atoms with van der Waals surface area (Å²) >= 11 is 1.76. The Morgan fingerprint density at radius 2 is 1.93 bits per heavy atom. The highest BCUT2D eigenvalue weighted by Gasteiger charge is 2.17. The van der Waals surface area contributed by atoms with Gasteiger partial charge in [0.25, 0.3) is 0 Å². The minimum Gasteiger partial charge on any atom is -0.305 e. The summed E-state index contributed by atoms with van der Waals surface area (Å²) in [6.07, 6.45) is 2.16. The molecule has 4 rings (SSSR count). The van der Waals surface area contributed by atoms with Crippen LogP contribution in [0.5, 0.6) is 0 Å². The van der Waals surface area contributed by atoms with E-state index in [2.05, 4.69) is 43.9 Å². The van der Waals surface area contributed by atoms with Crippen LogP contribution < -0.4 is 0 Å². The molecule has 2 heterocycles. The van der Waals surface area contributed by atoms with Crippen molar-refractivity contribution in [1.82, 2.24) is 19.7 Å². The molecule has 150 valence electrons. The first-order valence-corrected chi connectivity index (χ1v) is 11.0. The monoisotopic (exact) mass is 406 g/mol. The molecular formula is C23H26N4OS. The molecule has 6 heteroatoms. The molecule has 1 aliphatic heterocycles. The number of Topliss-reactive ketones (excluding diaryl/α,β-unsaturated/α-hetero) is 1. The number of hydrogen-bond acceptors (Lipinski definition) is 5. The predicted octanol–water partition coefficient (Wildman–Crippen LogP) is 4.23. The van der Waals surface area contributed by atoms with Crippen LogP contribution in [0.1, 0.15) is 34.8 Å². The Morgan fingerprint density at radius 1 is 1.10 bits per heavy atom. The minimum absolute atomic E-state index is 0.139. The number of carbonyl (C=O) groups excluding carboxylic acids is 1. The molecule has 5 nitrogen and oxygen atoms in total. The number of benzene rings is 2. The molecule has 0 N–H and O–H groups in total. The Bertz CT molecular complexity index is 999. The van der Waals surface area contributed by atoms with Crippen molar-refractivity contribution in [2.45, 2.75) is 31.5 Å². The highest BCUT2D eigenvalue weighted by Crippen LogP contribution is 2.24. The van der Waals surface area contributed by atoms with Crippen LogP contribution in [0.4, 0.5) is 0 Å². The largest absolute Gasteiger partial charge is 0.305 e. The van der Waals surface area contributed by atoms with Gasteiger partial charge < -0.3 is 4.57 Å². The van der Waals surface area contributed by atoms with Gasteiger partial charge in [0.05, 0.1) is 0 Å². The standard InChI is InChI=1S/C23H26N4OS/c1-17(28)20-10-9-18-11-13-27(16-21(18)15-20)12-6-14-29-23-25-24-22(26(23)2)19-7-4-3-5-8-19/h3-5,7-10,15H,6,11-14,16H2,1-2H3. The van der Waals surface area contributed by atoms with Crippen LogP contribution >= 0.6 is 11.8 Å². The van der Waals surface area contributed by atoms with Crippen LogP contribution in [0, 0.1) is 0 Å². The number of aromatic nitrogens is 3. The average Bonchev–Trinajstić information content (AvgIpc) is 3.11. The fourth-order valence-electron chi connectivity index (χ4n) is 3.76. The third-order valence-corrected chi connectivity index (χ3v) is 6.53. The lowest BCUT2D eigenvalue weighted by Crippen LogP contribution is -2.31. The van der Waals surface area contributed by atoms with Gasteiger partial charge in [-0.15, -0.1) is 10.2 Å². The molecule has 3 aromatic rings. The molecule has 0 saturated carbocycles. The van der Waals surface area contributed by atoms with Crippen molar-refractivity contribution in [3.8, 4) is 11.4 Å². The first-order valence-electron chi connectivity index (χ1n) is 10.0. The lowest BCUT2D eigenvalue weighted by Gasteiger charge is -2.29. The van der Waals surface area contributed by atoms with Gasteiger partial charge in [0.1, 0.15) is 0 Å². The smallest absolute Gasteiger partial charge is 0.191 e. The lowest BCUT2D eigenvalue weighted by molar-refractivity contribution is 0.101. The van der Waals surface area contributed by atoms with Gasteiger partial charge in [0.15, 0.2) is 16.8 Å². The van der Waals surface area contributed by atoms with E-state index in [0.29, 0.717) is 0 Å². The minimum atomic E-state index is 0.139. The Kier molecular flexibility index (Phi) is 6.11. The fraction of sp³-hybridized carbons (Fsp3) is 0.348. The zero-order valence-corrected chi connectivity index (χ0v) is 17.8. The summed E-state index contributed by atoms with van der Waals surface area (Å²) in [7, 11) is 2.03. The zero-order chi connectivity index (χ0) is 20.2. The molecule has 0 unspecified atom stereocenters. The van der Waals surface area contributed by atoms with Gasteiger partial charge in [-0.25, -0.2) is 0 Å². The Hall–Kier alpha value is -2.44. The predicted molar refractivity (Wildman–Crippen MR) is 117 cm³/mol. The lowest BCUT2D eigenvalue weighted by atomic mass is 9.96. The summed E-state index contributed by atoms with van der Waals surface area (Å²) in [5.41, 5.74) is 4.59. The third-order valence-electron chi connectivity index (χ3n) is 5.42. The maximum atomic E-state index is 11.6. The van der Waals surface area contributed by atoms with E-state index in [4.69, 9.17) is 0 Å². The summed E-state index contributed by atoms with van der Waals surface area (Å²) in [4.78, 5) is 14.1.